The van der Waals surface area contributed by atoms with Crippen LogP contribution in [0.3, 0.4) is 0 Å². The van der Waals surface area contributed by atoms with E-state index in [1.54, 1.807) is 55.5 Å². The first-order valence-electron chi connectivity index (χ1n) is 10.5. The predicted molar refractivity (Wildman–Crippen MR) is 122 cm³/mol. The highest BCUT2D eigenvalue weighted by molar-refractivity contribution is 6.03. The van der Waals surface area contributed by atoms with Crippen molar-refractivity contribution in [2.24, 2.45) is 0 Å². The van der Waals surface area contributed by atoms with Crippen molar-refractivity contribution in [2.45, 2.75) is 19.8 Å². The minimum Gasteiger partial charge on any atom is -0.507 e. The highest BCUT2D eigenvalue weighted by Gasteiger charge is 2.39. The first-order chi connectivity index (χ1) is 16.3. The number of ether oxygens (including phenoxy) is 1. The summed E-state index contributed by atoms with van der Waals surface area (Å²) in [6.07, 6.45) is 0. The number of fused-ring (bicyclic) bond motifs is 4. The molecule has 1 aliphatic heterocycles. The maximum atomic E-state index is 14.4. The van der Waals surface area contributed by atoms with Gasteiger partial charge in [0.1, 0.15) is 22.8 Å². The molecule has 1 N–H and O–H groups in total. The zero-order valence-corrected chi connectivity index (χ0v) is 18.2. The highest BCUT2D eigenvalue weighted by atomic mass is 19.2. The summed E-state index contributed by atoms with van der Waals surface area (Å²) in [5.41, 5.74) is 0.255. The summed E-state index contributed by atoms with van der Waals surface area (Å²) < 4.78 is 39.9. The third-order valence-electron chi connectivity index (χ3n) is 5.99. The van der Waals surface area contributed by atoms with Gasteiger partial charge in [0.25, 0.3) is 0 Å². The van der Waals surface area contributed by atoms with Crippen LogP contribution in [0, 0.1) is 18.6 Å². The molecule has 0 bridgehead atoms. The van der Waals surface area contributed by atoms with Gasteiger partial charge in [-0.15, -0.1) is 0 Å². The number of aliphatic hydroxyl groups is 1. The Hall–Kier alpha value is -4.26. The molecular formula is C27H18F2O5. The highest BCUT2D eigenvalue weighted by Crippen LogP contribution is 2.50. The van der Waals surface area contributed by atoms with E-state index in [4.69, 9.17) is 9.15 Å². The maximum absolute atomic E-state index is 14.4. The number of ketones is 1. The van der Waals surface area contributed by atoms with Gasteiger partial charge in [-0.1, -0.05) is 36.4 Å². The van der Waals surface area contributed by atoms with E-state index in [0.717, 1.165) is 12.1 Å². The quantitative estimate of drug-likeness (QED) is 0.225. The lowest BCUT2D eigenvalue weighted by Crippen LogP contribution is -2.24. The molecule has 1 unspecified atom stereocenters. The lowest BCUT2D eigenvalue weighted by atomic mass is 9.79. The Morgan fingerprint density at radius 3 is 2.41 bits per heavy atom. The summed E-state index contributed by atoms with van der Waals surface area (Å²) in [4.78, 5) is 26.1. The van der Waals surface area contributed by atoms with Crippen LogP contribution in [-0.2, 0) is 4.79 Å². The summed E-state index contributed by atoms with van der Waals surface area (Å²) in [5.74, 6) is -4.51. The molecule has 2 heterocycles. The van der Waals surface area contributed by atoms with Gasteiger partial charge in [-0.3, -0.25) is 4.79 Å². The number of halogens is 2. The summed E-state index contributed by atoms with van der Waals surface area (Å²) in [5, 5.41) is 11.7. The third kappa shape index (κ3) is 3.28. The van der Waals surface area contributed by atoms with Gasteiger partial charge < -0.3 is 14.3 Å². The van der Waals surface area contributed by atoms with Gasteiger partial charge in [0, 0.05) is 22.8 Å². The fraction of sp³-hybridized carbons (Fsp3) is 0.111. The van der Waals surface area contributed by atoms with Crippen molar-refractivity contribution in [1.29, 1.82) is 0 Å². The van der Waals surface area contributed by atoms with Crippen LogP contribution in [0.1, 0.15) is 35.1 Å². The van der Waals surface area contributed by atoms with E-state index in [-0.39, 0.29) is 39.5 Å². The Morgan fingerprint density at radius 1 is 1.00 bits per heavy atom. The summed E-state index contributed by atoms with van der Waals surface area (Å²) in [6, 6.07) is 15.2. The summed E-state index contributed by atoms with van der Waals surface area (Å²) in [7, 11) is 0. The van der Waals surface area contributed by atoms with Crippen molar-refractivity contribution in [1.82, 2.24) is 0 Å². The van der Waals surface area contributed by atoms with Crippen LogP contribution in [0.4, 0.5) is 8.78 Å². The lowest BCUT2D eigenvalue weighted by molar-refractivity contribution is -0.113. The van der Waals surface area contributed by atoms with Crippen molar-refractivity contribution in [3.63, 3.8) is 0 Å². The van der Waals surface area contributed by atoms with Crippen LogP contribution in [0.15, 0.2) is 75.4 Å². The molecule has 5 nitrogen and oxygen atoms in total. The van der Waals surface area contributed by atoms with Gasteiger partial charge in [-0.25, -0.2) is 13.6 Å². The fourth-order valence-corrected chi connectivity index (χ4v) is 4.41. The number of allylic oxidation sites excluding steroid dienone is 1. The number of hydrogen-bond donors (Lipinski definition) is 1. The van der Waals surface area contributed by atoms with E-state index in [9.17, 15) is 23.5 Å². The number of benzene rings is 3. The van der Waals surface area contributed by atoms with Gasteiger partial charge in [0.2, 0.25) is 0 Å². The predicted octanol–water partition coefficient (Wildman–Crippen LogP) is 6.18. The number of hydrogen-bond acceptors (Lipinski definition) is 5. The summed E-state index contributed by atoms with van der Waals surface area (Å²) in [6.45, 7) is 2.99. The molecule has 0 fully saturated rings. The second-order valence-electron chi connectivity index (χ2n) is 8.10. The molecule has 0 saturated carbocycles. The van der Waals surface area contributed by atoms with Gasteiger partial charge in [-0.05, 0) is 37.6 Å². The molecule has 0 amide bonds. The number of aliphatic hydroxyl groups excluding tert-OH is 1. The van der Waals surface area contributed by atoms with E-state index in [0.29, 0.717) is 16.5 Å². The SMILES string of the molecule is CC(=O)/C(=C(/O)c1ccccc1C)C1c2cc(F)c(F)cc2Oc2c1c(=O)oc1ccccc21. The van der Waals surface area contributed by atoms with Crippen LogP contribution >= 0.6 is 0 Å². The summed E-state index contributed by atoms with van der Waals surface area (Å²) >= 11 is 0. The second-order valence-corrected chi connectivity index (χ2v) is 8.10. The zero-order chi connectivity index (χ0) is 24.1. The molecule has 1 aromatic heterocycles. The largest absolute Gasteiger partial charge is 0.507 e. The van der Waals surface area contributed by atoms with Gasteiger partial charge in [0.05, 0.1) is 16.9 Å². The van der Waals surface area contributed by atoms with E-state index < -0.39 is 29.0 Å². The van der Waals surface area contributed by atoms with Crippen molar-refractivity contribution < 1.29 is 27.8 Å². The van der Waals surface area contributed by atoms with Crippen LogP contribution in [-0.4, -0.2) is 10.9 Å². The van der Waals surface area contributed by atoms with Crippen molar-refractivity contribution in [3.05, 3.63) is 111 Å². The average Bonchev–Trinajstić information content (AvgIpc) is 2.80. The van der Waals surface area contributed by atoms with Gasteiger partial charge >= 0.3 is 5.63 Å². The van der Waals surface area contributed by atoms with Crippen molar-refractivity contribution in [3.8, 4) is 11.5 Å². The minimum absolute atomic E-state index is 0.0271. The Labute approximate surface area is 192 Å². The zero-order valence-electron chi connectivity index (χ0n) is 18.2. The van der Waals surface area contributed by atoms with Gasteiger partial charge in [-0.2, -0.15) is 0 Å². The second kappa shape index (κ2) is 7.95. The Morgan fingerprint density at radius 2 is 1.68 bits per heavy atom. The molecule has 0 radical (unpaired) electrons. The molecule has 1 aliphatic rings. The number of para-hydroxylation sites is 1. The van der Waals surface area contributed by atoms with Crippen molar-refractivity contribution in [2.75, 3.05) is 0 Å². The number of carbonyl (C=O) groups is 1. The fourth-order valence-electron chi connectivity index (χ4n) is 4.41. The van der Waals surface area contributed by atoms with Gasteiger partial charge in [0.15, 0.2) is 17.4 Å². The van der Waals surface area contributed by atoms with Crippen LogP contribution in [0.2, 0.25) is 0 Å². The standard InChI is InChI=1S/C27H18F2O5/c1-13-7-3-4-8-15(13)25(31)22(14(2)30)23-17-11-18(28)19(29)12-21(17)33-26-16-9-5-6-10-20(16)34-27(32)24(23)26/h3-12,23,31H,1-2H3/b25-22-. The molecule has 170 valence electrons. The number of rotatable bonds is 3. The Bertz CT molecular complexity index is 1580. The van der Waals surface area contributed by atoms with E-state index in [1.165, 1.54) is 6.92 Å². The molecule has 4 aromatic rings. The van der Waals surface area contributed by atoms with Crippen molar-refractivity contribution >= 4 is 22.5 Å². The molecule has 34 heavy (non-hydrogen) atoms. The molecule has 0 saturated heterocycles. The Kier molecular flexibility index (Phi) is 5.05. The molecule has 5 rings (SSSR count). The van der Waals surface area contributed by atoms with E-state index in [1.807, 2.05) is 0 Å². The topological polar surface area (TPSA) is 76.7 Å². The minimum atomic E-state index is -1.26. The third-order valence-corrected chi connectivity index (χ3v) is 5.99. The molecule has 0 spiro atoms. The van der Waals surface area contributed by atoms with Crippen LogP contribution in [0.25, 0.3) is 16.7 Å². The van der Waals surface area contributed by atoms with E-state index >= 15 is 0 Å². The Balaban J connectivity index is 1.92. The first kappa shape index (κ1) is 21.6. The number of carbonyl (C=O) groups excluding carboxylic acids is 1. The molecular weight excluding hydrogens is 442 g/mol. The lowest BCUT2D eigenvalue weighted by Gasteiger charge is -2.29. The monoisotopic (exact) mass is 460 g/mol. The smallest absolute Gasteiger partial charge is 0.344 e. The van der Waals surface area contributed by atoms with Crippen LogP contribution in [0.5, 0.6) is 11.5 Å². The normalized spacial score (nSPS) is 15.2. The molecule has 0 aliphatic carbocycles. The molecule has 3 aromatic carbocycles. The molecule has 7 heteroatoms. The number of aryl methyl sites for hydroxylation is 1. The van der Waals surface area contributed by atoms with Crippen LogP contribution < -0.4 is 10.4 Å². The molecule has 1 atom stereocenters. The van der Waals surface area contributed by atoms with E-state index in [2.05, 4.69) is 0 Å². The average molecular weight is 460 g/mol. The number of Topliss-reactive ketones (excluding diaryl/α,β-unsaturated/α-hetero) is 1. The maximum Gasteiger partial charge on any atom is 0.344 e. The first-order valence-corrected chi connectivity index (χ1v) is 10.5.